The van der Waals surface area contributed by atoms with E-state index in [0.717, 1.165) is 16.9 Å². The summed E-state index contributed by atoms with van der Waals surface area (Å²) >= 11 is 5.85. The third-order valence-electron chi connectivity index (χ3n) is 4.73. The lowest BCUT2D eigenvalue weighted by Crippen LogP contribution is -2.31. The van der Waals surface area contributed by atoms with E-state index >= 15 is 0 Å². The van der Waals surface area contributed by atoms with Crippen LogP contribution in [0.5, 0.6) is 5.75 Å². The van der Waals surface area contributed by atoms with E-state index in [9.17, 15) is 9.59 Å². The Morgan fingerprint density at radius 3 is 2.41 bits per heavy atom. The van der Waals surface area contributed by atoms with E-state index in [1.165, 1.54) is 0 Å². The monoisotopic (exact) mass is 386 g/mol. The Morgan fingerprint density at radius 2 is 1.70 bits per heavy atom. The molecule has 1 saturated carbocycles. The standard InChI is InChI=1S/C21H23ClN2O3/c1-27-19-5-3-2-4-15(19)10-11-23-20(25)17-12-18(17)21(26)24-13-14-6-8-16(22)9-7-14/h2-9,17-18H,10-13H2,1H3,(H,23,25)(H,24,26). The van der Waals surface area contributed by atoms with Gasteiger partial charge in [-0.05, 0) is 42.2 Å². The van der Waals surface area contributed by atoms with Crippen molar-refractivity contribution in [2.75, 3.05) is 13.7 Å². The highest BCUT2D eigenvalue weighted by atomic mass is 35.5. The van der Waals surface area contributed by atoms with Crippen LogP contribution in [0.1, 0.15) is 17.5 Å². The van der Waals surface area contributed by atoms with Gasteiger partial charge in [-0.1, -0.05) is 41.9 Å². The summed E-state index contributed by atoms with van der Waals surface area (Å²) in [5.74, 6) is 0.223. The number of nitrogens with one attached hydrogen (secondary N) is 2. The van der Waals surface area contributed by atoms with Gasteiger partial charge in [0.05, 0.1) is 18.9 Å². The van der Waals surface area contributed by atoms with Crippen LogP contribution in [0.2, 0.25) is 5.02 Å². The van der Waals surface area contributed by atoms with Crippen LogP contribution < -0.4 is 15.4 Å². The zero-order chi connectivity index (χ0) is 19.2. The number of carbonyl (C=O) groups excluding carboxylic acids is 2. The molecule has 0 aliphatic heterocycles. The van der Waals surface area contributed by atoms with Gasteiger partial charge in [0.15, 0.2) is 0 Å². The van der Waals surface area contributed by atoms with Gasteiger partial charge in [0, 0.05) is 18.1 Å². The van der Waals surface area contributed by atoms with Gasteiger partial charge in [-0.15, -0.1) is 0 Å². The summed E-state index contributed by atoms with van der Waals surface area (Å²) in [7, 11) is 1.63. The molecule has 3 rings (SSSR count). The molecular weight excluding hydrogens is 364 g/mol. The predicted molar refractivity (Wildman–Crippen MR) is 105 cm³/mol. The van der Waals surface area contributed by atoms with Crippen LogP contribution in [0.3, 0.4) is 0 Å². The molecule has 0 heterocycles. The highest BCUT2D eigenvalue weighted by Gasteiger charge is 2.47. The van der Waals surface area contributed by atoms with Gasteiger partial charge < -0.3 is 15.4 Å². The van der Waals surface area contributed by atoms with Crippen molar-refractivity contribution in [1.82, 2.24) is 10.6 Å². The van der Waals surface area contributed by atoms with E-state index in [1.54, 1.807) is 19.2 Å². The van der Waals surface area contributed by atoms with Crippen LogP contribution in [0.25, 0.3) is 0 Å². The highest BCUT2D eigenvalue weighted by molar-refractivity contribution is 6.30. The van der Waals surface area contributed by atoms with E-state index in [0.29, 0.717) is 31.0 Å². The summed E-state index contributed by atoms with van der Waals surface area (Å²) in [5, 5.41) is 6.47. The third-order valence-corrected chi connectivity index (χ3v) is 4.98. The number of hydrogen-bond acceptors (Lipinski definition) is 3. The van der Waals surface area contributed by atoms with Gasteiger partial charge in [0.2, 0.25) is 11.8 Å². The number of ether oxygens (including phenoxy) is 1. The molecule has 0 spiro atoms. The molecule has 142 valence electrons. The first-order chi connectivity index (χ1) is 13.1. The number of para-hydroxylation sites is 1. The van der Waals surface area contributed by atoms with Crippen LogP contribution in [-0.4, -0.2) is 25.5 Å². The maximum Gasteiger partial charge on any atom is 0.224 e. The first kappa shape index (κ1) is 19.2. The van der Waals surface area contributed by atoms with Gasteiger partial charge in [-0.25, -0.2) is 0 Å². The van der Waals surface area contributed by atoms with Crippen molar-refractivity contribution in [2.24, 2.45) is 11.8 Å². The first-order valence-corrected chi connectivity index (χ1v) is 9.38. The van der Waals surface area contributed by atoms with Crippen molar-refractivity contribution < 1.29 is 14.3 Å². The minimum Gasteiger partial charge on any atom is -0.496 e. The molecule has 0 radical (unpaired) electrons. The second kappa shape index (κ2) is 8.91. The van der Waals surface area contributed by atoms with Gasteiger partial charge in [-0.2, -0.15) is 0 Å². The van der Waals surface area contributed by atoms with Crippen molar-refractivity contribution in [3.05, 3.63) is 64.7 Å². The Kier molecular flexibility index (Phi) is 6.35. The average Bonchev–Trinajstić information content (AvgIpc) is 3.49. The zero-order valence-electron chi connectivity index (χ0n) is 15.2. The molecule has 27 heavy (non-hydrogen) atoms. The fraction of sp³-hybridized carbons (Fsp3) is 0.333. The summed E-state index contributed by atoms with van der Waals surface area (Å²) in [6.07, 6.45) is 1.29. The molecule has 2 aromatic rings. The fourth-order valence-corrected chi connectivity index (χ4v) is 3.18. The minimum atomic E-state index is -0.233. The number of amides is 2. The lowest BCUT2D eigenvalue weighted by Gasteiger charge is -2.09. The first-order valence-electron chi connectivity index (χ1n) is 9.00. The summed E-state index contributed by atoms with van der Waals surface area (Å²) in [6, 6.07) is 15.1. The molecule has 0 bridgehead atoms. The van der Waals surface area contributed by atoms with E-state index in [1.807, 2.05) is 36.4 Å². The molecule has 2 atom stereocenters. The summed E-state index contributed by atoms with van der Waals surface area (Å²) in [6.45, 7) is 0.962. The van der Waals surface area contributed by atoms with Gasteiger partial charge in [0.1, 0.15) is 5.75 Å². The van der Waals surface area contributed by atoms with E-state index < -0.39 is 0 Å². The number of hydrogen-bond donors (Lipinski definition) is 2. The zero-order valence-corrected chi connectivity index (χ0v) is 16.0. The van der Waals surface area contributed by atoms with Crippen molar-refractivity contribution in [3.63, 3.8) is 0 Å². The molecular formula is C21H23ClN2O3. The Balaban J connectivity index is 1.39. The SMILES string of the molecule is COc1ccccc1CCNC(=O)C1CC1C(=O)NCc1ccc(Cl)cc1. The Labute approximate surface area is 164 Å². The van der Waals surface area contributed by atoms with Crippen LogP contribution in [-0.2, 0) is 22.6 Å². The smallest absolute Gasteiger partial charge is 0.224 e. The van der Waals surface area contributed by atoms with Gasteiger partial charge in [0.25, 0.3) is 0 Å². The van der Waals surface area contributed by atoms with E-state index in [2.05, 4.69) is 10.6 Å². The van der Waals surface area contributed by atoms with Crippen molar-refractivity contribution in [3.8, 4) is 5.75 Å². The minimum absolute atomic E-state index is 0.0588. The van der Waals surface area contributed by atoms with Crippen LogP contribution in [0, 0.1) is 11.8 Å². The number of halogens is 1. The molecule has 2 amide bonds. The summed E-state index contributed by atoms with van der Waals surface area (Å²) in [5.41, 5.74) is 2.03. The molecule has 2 aromatic carbocycles. The topological polar surface area (TPSA) is 67.4 Å². The van der Waals surface area contributed by atoms with E-state index in [4.69, 9.17) is 16.3 Å². The maximum absolute atomic E-state index is 12.2. The summed E-state index contributed by atoms with van der Waals surface area (Å²) in [4.78, 5) is 24.4. The molecule has 0 aromatic heterocycles. The lowest BCUT2D eigenvalue weighted by molar-refractivity contribution is -0.127. The quantitative estimate of drug-likeness (QED) is 0.733. The Hall–Kier alpha value is -2.53. The Bertz CT molecular complexity index is 807. The van der Waals surface area contributed by atoms with Crippen molar-refractivity contribution in [1.29, 1.82) is 0 Å². The largest absolute Gasteiger partial charge is 0.496 e. The van der Waals surface area contributed by atoms with Gasteiger partial charge in [-0.3, -0.25) is 9.59 Å². The fourth-order valence-electron chi connectivity index (χ4n) is 3.06. The highest BCUT2D eigenvalue weighted by Crippen LogP contribution is 2.38. The third kappa shape index (κ3) is 5.23. The van der Waals surface area contributed by atoms with E-state index in [-0.39, 0.29) is 23.7 Å². The number of methoxy groups -OCH3 is 1. The number of rotatable bonds is 8. The number of benzene rings is 2. The molecule has 2 N–H and O–H groups in total. The molecule has 1 fully saturated rings. The second-order valence-electron chi connectivity index (χ2n) is 6.65. The lowest BCUT2D eigenvalue weighted by atomic mass is 10.1. The molecule has 1 aliphatic rings. The molecule has 2 unspecified atom stereocenters. The normalized spacial score (nSPS) is 17.9. The molecule has 1 aliphatic carbocycles. The summed E-state index contributed by atoms with van der Waals surface area (Å²) < 4.78 is 5.31. The molecule has 0 saturated heterocycles. The van der Waals surface area contributed by atoms with Crippen molar-refractivity contribution in [2.45, 2.75) is 19.4 Å². The average molecular weight is 387 g/mol. The second-order valence-corrected chi connectivity index (χ2v) is 7.08. The number of carbonyl (C=O) groups is 2. The van der Waals surface area contributed by atoms with Crippen LogP contribution in [0.15, 0.2) is 48.5 Å². The van der Waals surface area contributed by atoms with Crippen LogP contribution >= 0.6 is 11.6 Å². The van der Waals surface area contributed by atoms with Crippen LogP contribution in [0.4, 0.5) is 0 Å². The maximum atomic E-state index is 12.2. The van der Waals surface area contributed by atoms with Crippen molar-refractivity contribution >= 4 is 23.4 Å². The Morgan fingerprint density at radius 1 is 1.04 bits per heavy atom. The molecule has 5 nitrogen and oxygen atoms in total. The molecule has 6 heteroatoms. The predicted octanol–water partition coefficient (Wildman–Crippen LogP) is 2.96. The van der Waals surface area contributed by atoms with Gasteiger partial charge >= 0.3 is 0 Å².